The molecule has 0 aromatic heterocycles. The molecule has 0 atom stereocenters. The molecule has 0 amide bonds. The van der Waals surface area contributed by atoms with Crippen LogP contribution in [0.25, 0.3) is 0 Å². The van der Waals surface area contributed by atoms with E-state index in [1.165, 1.54) is 12.8 Å². The van der Waals surface area contributed by atoms with Crippen LogP contribution in [0.15, 0.2) is 0 Å². The van der Waals surface area contributed by atoms with Crippen LogP contribution >= 0.6 is 0 Å². The molecule has 2 N–H and O–H groups in total. The van der Waals surface area contributed by atoms with Crippen LogP contribution in [-0.4, -0.2) is 36.4 Å². The minimum atomic E-state index is -0.278. The molecule has 0 aliphatic carbocycles. The Morgan fingerprint density at radius 2 is 1.75 bits per heavy atom. The topological polar surface area (TPSA) is 44.5 Å². The van der Waals surface area contributed by atoms with E-state index in [0.29, 0.717) is 0 Å². The highest BCUT2D eigenvalue weighted by Gasteiger charge is 2.11. The normalized spacial score (nSPS) is 10.8. The Bertz CT molecular complexity index is 81.1. The van der Waals surface area contributed by atoms with E-state index in [1.54, 1.807) is 14.2 Å². The molecule has 0 aliphatic heterocycles. The molecule has 0 spiro atoms. The summed E-state index contributed by atoms with van der Waals surface area (Å²) >= 11 is 0. The molecule has 0 aromatic carbocycles. The fraction of sp³-hybridized carbons (Fsp3) is 1.00. The van der Waals surface area contributed by atoms with Crippen molar-refractivity contribution in [3.05, 3.63) is 0 Å². The summed E-state index contributed by atoms with van der Waals surface area (Å²) in [6.45, 7) is 4.89. The fourth-order valence-corrected chi connectivity index (χ4v) is 0.287. The fourth-order valence-electron chi connectivity index (χ4n) is 0.287. The first-order valence-corrected chi connectivity index (χ1v) is 5.34. The molecular weight excluding hydrogens is 170 g/mol. The van der Waals surface area contributed by atoms with Crippen LogP contribution in [0, 0.1) is 0 Å². The minimum absolute atomic E-state index is 0.278. The lowest BCUT2D eigenvalue weighted by Gasteiger charge is -2.20. The Labute approximate surface area is 79.0 Å². The molecule has 0 unspecified atom stereocenters. The minimum Gasteiger partial charge on any atom is -0.358 e. The second-order valence-corrected chi connectivity index (χ2v) is 4.77. The predicted octanol–water partition coefficient (Wildman–Crippen LogP) is 0.0635. The highest BCUT2D eigenvalue weighted by Crippen LogP contribution is 2.00. The molecule has 0 aromatic rings. The van der Waals surface area contributed by atoms with Crippen molar-refractivity contribution in [2.45, 2.75) is 32.1 Å². The molecule has 3 nitrogen and oxygen atoms in total. The lowest BCUT2D eigenvalue weighted by atomic mass is 10.3. The van der Waals surface area contributed by atoms with Gasteiger partial charge in [0.25, 0.3) is 0 Å². The van der Waals surface area contributed by atoms with Gasteiger partial charge in [-0.3, -0.25) is 0 Å². The second kappa shape index (κ2) is 9.19. The maximum absolute atomic E-state index is 5.14. The summed E-state index contributed by atoms with van der Waals surface area (Å²) < 4.78 is 9.85. The number of unbranched alkanes of at least 4 members (excludes halogenated alkanes) is 1. The maximum Gasteiger partial charge on any atom is 0.138 e. The smallest absolute Gasteiger partial charge is 0.138 e. The number of ether oxygens (including phenoxy) is 2. The third-order valence-corrected chi connectivity index (χ3v) is 2.36. The Kier molecular flexibility index (Phi) is 11.2. The summed E-state index contributed by atoms with van der Waals surface area (Å²) in [7, 11) is 4.20. The Morgan fingerprint density at radius 1 is 1.33 bits per heavy atom. The molecule has 0 heterocycles. The zero-order valence-electron chi connectivity index (χ0n) is 9.02. The molecule has 0 radical (unpaired) electrons. The van der Waals surface area contributed by atoms with Crippen molar-refractivity contribution in [2.75, 3.05) is 20.8 Å². The van der Waals surface area contributed by atoms with E-state index in [-0.39, 0.29) is 5.41 Å². The van der Waals surface area contributed by atoms with Gasteiger partial charge in [0.15, 0.2) is 0 Å². The van der Waals surface area contributed by atoms with Gasteiger partial charge in [-0.25, -0.2) is 0 Å². The van der Waals surface area contributed by atoms with Crippen LogP contribution < -0.4 is 5.73 Å². The van der Waals surface area contributed by atoms with Crippen LogP contribution in [0.5, 0.6) is 0 Å². The maximum atomic E-state index is 5.14. The SMILES string of the molecule is CCCCN.COC(C)([SiH3])OC. The van der Waals surface area contributed by atoms with Crippen molar-refractivity contribution in [1.82, 2.24) is 0 Å². The highest BCUT2D eigenvalue weighted by molar-refractivity contribution is 6.13. The third kappa shape index (κ3) is 12.7. The van der Waals surface area contributed by atoms with E-state index in [2.05, 4.69) is 6.92 Å². The Morgan fingerprint density at radius 3 is 1.75 bits per heavy atom. The standard InChI is InChI=1S/C4H11N.C4H12O2Si/c1-2-3-4-5;1-4(7,5-2)6-3/h2-5H2,1H3;1-3,7H3. The lowest BCUT2D eigenvalue weighted by molar-refractivity contribution is -0.127. The van der Waals surface area contributed by atoms with Crippen molar-refractivity contribution >= 4 is 10.2 Å². The van der Waals surface area contributed by atoms with Gasteiger partial charge in [0.2, 0.25) is 0 Å². The van der Waals surface area contributed by atoms with E-state index in [9.17, 15) is 0 Å². The molecule has 0 bridgehead atoms. The molecule has 0 rings (SSSR count). The zero-order chi connectivity index (χ0) is 10.0. The van der Waals surface area contributed by atoms with Crippen molar-refractivity contribution in [3.63, 3.8) is 0 Å². The van der Waals surface area contributed by atoms with E-state index in [1.807, 2.05) is 6.92 Å². The van der Waals surface area contributed by atoms with Crippen molar-refractivity contribution in [2.24, 2.45) is 5.73 Å². The van der Waals surface area contributed by atoms with Gasteiger partial charge in [-0.05, 0) is 19.9 Å². The average Bonchev–Trinajstić information content (AvgIpc) is 2.07. The first-order valence-electron chi connectivity index (χ1n) is 4.34. The van der Waals surface area contributed by atoms with Gasteiger partial charge < -0.3 is 15.2 Å². The van der Waals surface area contributed by atoms with Crippen molar-refractivity contribution in [1.29, 1.82) is 0 Å². The molecule has 76 valence electrons. The van der Waals surface area contributed by atoms with E-state index in [0.717, 1.165) is 16.8 Å². The van der Waals surface area contributed by atoms with Crippen LogP contribution in [0.2, 0.25) is 0 Å². The van der Waals surface area contributed by atoms with Crippen LogP contribution in [0.3, 0.4) is 0 Å². The number of rotatable bonds is 4. The Hall–Kier alpha value is 0.0969. The molecule has 0 aliphatic rings. The first-order chi connectivity index (χ1) is 5.54. The average molecular weight is 193 g/mol. The third-order valence-electron chi connectivity index (χ3n) is 1.54. The van der Waals surface area contributed by atoms with Gasteiger partial charge in [-0.2, -0.15) is 0 Å². The van der Waals surface area contributed by atoms with Gasteiger partial charge in [0.1, 0.15) is 5.41 Å². The summed E-state index contributed by atoms with van der Waals surface area (Å²) in [5, 5.41) is 0. The van der Waals surface area contributed by atoms with Crippen LogP contribution in [0.1, 0.15) is 26.7 Å². The summed E-state index contributed by atoms with van der Waals surface area (Å²) in [4.78, 5) is 0. The largest absolute Gasteiger partial charge is 0.358 e. The first kappa shape index (κ1) is 14.6. The number of hydrogen-bond acceptors (Lipinski definition) is 3. The van der Waals surface area contributed by atoms with Gasteiger partial charge in [0, 0.05) is 14.2 Å². The molecule has 12 heavy (non-hydrogen) atoms. The van der Waals surface area contributed by atoms with E-state index >= 15 is 0 Å². The zero-order valence-corrected chi connectivity index (χ0v) is 11.0. The second-order valence-electron chi connectivity index (χ2n) is 2.95. The van der Waals surface area contributed by atoms with E-state index < -0.39 is 0 Å². The van der Waals surface area contributed by atoms with Crippen LogP contribution in [0.4, 0.5) is 0 Å². The number of hydrogen-bond donors (Lipinski definition) is 1. The van der Waals surface area contributed by atoms with Gasteiger partial charge in [0.05, 0.1) is 10.2 Å². The van der Waals surface area contributed by atoms with Gasteiger partial charge >= 0.3 is 0 Å². The van der Waals surface area contributed by atoms with Crippen molar-refractivity contribution in [3.8, 4) is 0 Å². The number of methoxy groups -OCH3 is 2. The lowest BCUT2D eigenvalue weighted by Crippen LogP contribution is -2.29. The molecule has 0 saturated carbocycles. The molecule has 0 saturated heterocycles. The van der Waals surface area contributed by atoms with Gasteiger partial charge in [-0.1, -0.05) is 13.3 Å². The summed E-state index contributed by atoms with van der Waals surface area (Å²) in [5.41, 5.74) is 4.86. The number of nitrogens with two attached hydrogens (primary N) is 1. The molecular formula is C8H23NO2Si. The van der Waals surface area contributed by atoms with Crippen LogP contribution in [-0.2, 0) is 9.47 Å². The monoisotopic (exact) mass is 193 g/mol. The summed E-state index contributed by atoms with van der Waals surface area (Å²) in [5.74, 6) is 0. The summed E-state index contributed by atoms with van der Waals surface area (Å²) in [6, 6.07) is 0. The highest BCUT2D eigenvalue weighted by atomic mass is 28.1. The van der Waals surface area contributed by atoms with Gasteiger partial charge in [-0.15, -0.1) is 0 Å². The van der Waals surface area contributed by atoms with E-state index in [4.69, 9.17) is 15.2 Å². The molecule has 4 heteroatoms. The summed E-state index contributed by atoms with van der Waals surface area (Å²) in [6.07, 6.45) is 2.39. The van der Waals surface area contributed by atoms with Crippen molar-refractivity contribution < 1.29 is 9.47 Å². The predicted molar refractivity (Wildman–Crippen MR) is 56.3 cm³/mol. The Balaban J connectivity index is 0. The quantitative estimate of drug-likeness (QED) is 0.507. The molecule has 0 fully saturated rings.